The molecule has 0 radical (unpaired) electrons. The lowest BCUT2D eigenvalue weighted by atomic mass is 9.82. The van der Waals surface area contributed by atoms with Crippen molar-refractivity contribution in [1.82, 2.24) is 9.97 Å². The van der Waals surface area contributed by atoms with Gasteiger partial charge >= 0.3 is 0 Å². The van der Waals surface area contributed by atoms with Crippen LogP contribution in [-0.2, 0) is 5.41 Å². The van der Waals surface area contributed by atoms with Gasteiger partial charge in [-0.05, 0) is 48.1 Å². The summed E-state index contributed by atoms with van der Waals surface area (Å²) in [5.41, 5.74) is 8.33. The van der Waals surface area contributed by atoms with E-state index in [4.69, 9.17) is 22.1 Å². The maximum absolute atomic E-state index is 5.91. The van der Waals surface area contributed by atoms with Crippen molar-refractivity contribution < 1.29 is 4.74 Å². The Labute approximate surface area is 130 Å². The van der Waals surface area contributed by atoms with E-state index in [1.807, 2.05) is 12.1 Å². The second kappa shape index (κ2) is 5.90. The first kappa shape index (κ1) is 15.6. The third kappa shape index (κ3) is 3.45. The van der Waals surface area contributed by atoms with Crippen molar-refractivity contribution in [1.29, 1.82) is 0 Å². The van der Waals surface area contributed by atoms with Crippen LogP contribution in [0, 0.1) is 6.92 Å². The zero-order valence-electron chi connectivity index (χ0n) is 12.8. The third-order valence-electron chi connectivity index (χ3n) is 3.81. The van der Waals surface area contributed by atoms with Crippen molar-refractivity contribution in [3.05, 3.63) is 40.8 Å². The lowest BCUT2D eigenvalue weighted by Crippen LogP contribution is -2.14. The first-order chi connectivity index (χ1) is 9.83. The van der Waals surface area contributed by atoms with Crippen LogP contribution in [0.5, 0.6) is 11.6 Å². The fourth-order valence-corrected chi connectivity index (χ4v) is 2.09. The van der Waals surface area contributed by atoms with Crippen molar-refractivity contribution in [2.24, 2.45) is 0 Å². The van der Waals surface area contributed by atoms with E-state index in [2.05, 4.69) is 42.9 Å². The number of aromatic nitrogens is 2. The van der Waals surface area contributed by atoms with E-state index in [-0.39, 0.29) is 16.6 Å². The number of benzene rings is 1. The van der Waals surface area contributed by atoms with Crippen molar-refractivity contribution >= 4 is 17.3 Å². The Bertz CT molecular complexity index is 639. The number of ether oxygens (including phenoxy) is 1. The zero-order valence-corrected chi connectivity index (χ0v) is 13.5. The summed E-state index contributed by atoms with van der Waals surface area (Å²) < 4.78 is 5.71. The van der Waals surface area contributed by atoms with Gasteiger partial charge in [-0.2, -0.15) is 4.98 Å². The van der Waals surface area contributed by atoms with Gasteiger partial charge in [0.1, 0.15) is 11.4 Å². The lowest BCUT2D eigenvalue weighted by Gasteiger charge is -2.23. The Morgan fingerprint density at radius 3 is 2.38 bits per heavy atom. The van der Waals surface area contributed by atoms with E-state index >= 15 is 0 Å². The predicted octanol–water partition coefficient (Wildman–Crippen LogP) is 4.50. The molecule has 1 aromatic carbocycles. The average molecular weight is 306 g/mol. The van der Waals surface area contributed by atoms with Gasteiger partial charge < -0.3 is 10.5 Å². The minimum Gasteiger partial charge on any atom is -0.437 e. The summed E-state index contributed by atoms with van der Waals surface area (Å²) in [4.78, 5) is 8.01. The topological polar surface area (TPSA) is 61.0 Å². The van der Waals surface area contributed by atoms with E-state index in [0.717, 1.165) is 6.42 Å². The van der Waals surface area contributed by atoms with Gasteiger partial charge in [-0.25, -0.2) is 4.98 Å². The molecule has 0 amide bonds. The minimum atomic E-state index is 0.125. The molecule has 0 bridgehead atoms. The van der Waals surface area contributed by atoms with Crippen LogP contribution in [0.25, 0.3) is 0 Å². The van der Waals surface area contributed by atoms with Crippen LogP contribution in [0.3, 0.4) is 0 Å². The van der Waals surface area contributed by atoms with Crippen molar-refractivity contribution in [3.63, 3.8) is 0 Å². The van der Waals surface area contributed by atoms with Crippen molar-refractivity contribution in [3.8, 4) is 11.6 Å². The van der Waals surface area contributed by atoms with Gasteiger partial charge in [-0.15, -0.1) is 0 Å². The molecule has 1 heterocycles. The van der Waals surface area contributed by atoms with Gasteiger partial charge in [0, 0.05) is 0 Å². The fourth-order valence-electron chi connectivity index (χ4n) is 1.89. The highest BCUT2D eigenvalue weighted by Gasteiger charge is 2.18. The number of hydrogen-bond donors (Lipinski definition) is 1. The van der Waals surface area contributed by atoms with Crippen LogP contribution >= 0.6 is 11.6 Å². The van der Waals surface area contributed by atoms with Gasteiger partial charge in [0.25, 0.3) is 0 Å². The molecule has 112 valence electrons. The maximum atomic E-state index is 5.91. The summed E-state index contributed by atoms with van der Waals surface area (Å²) in [7, 11) is 0. The fraction of sp³-hybridized carbons (Fsp3) is 0.375. The first-order valence-corrected chi connectivity index (χ1v) is 7.29. The van der Waals surface area contributed by atoms with Gasteiger partial charge in [0.15, 0.2) is 0 Å². The smallest absolute Gasteiger partial charge is 0.247 e. The van der Waals surface area contributed by atoms with E-state index in [1.165, 1.54) is 5.56 Å². The number of anilines is 1. The van der Waals surface area contributed by atoms with Crippen LogP contribution in [0.1, 0.15) is 38.4 Å². The number of halogens is 1. The van der Waals surface area contributed by atoms with E-state index < -0.39 is 0 Å². The zero-order chi connectivity index (χ0) is 15.6. The highest BCUT2D eigenvalue weighted by molar-refractivity contribution is 6.28. The average Bonchev–Trinajstić information content (AvgIpc) is 2.45. The van der Waals surface area contributed by atoms with Gasteiger partial charge in [-0.3, -0.25) is 0 Å². The highest BCUT2D eigenvalue weighted by Crippen LogP contribution is 2.31. The largest absolute Gasteiger partial charge is 0.437 e. The molecular weight excluding hydrogens is 286 g/mol. The normalized spacial score (nSPS) is 11.5. The molecule has 4 nitrogen and oxygen atoms in total. The Hall–Kier alpha value is -1.81. The molecule has 0 unspecified atom stereocenters. The SMILES string of the molecule is CCC(C)(C)c1ccc(Oc2nc(Cl)nc(C)c2N)cc1. The molecule has 0 aliphatic carbocycles. The van der Waals surface area contributed by atoms with Crippen LogP contribution in [-0.4, -0.2) is 9.97 Å². The van der Waals surface area contributed by atoms with E-state index in [0.29, 0.717) is 17.1 Å². The molecule has 0 saturated carbocycles. The van der Waals surface area contributed by atoms with Gasteiger partial charge in [0.05, 0.1) is 5.69 Å². The maximum Gasteiger partial charge on any atom is 0.247 e. The van der Waals surface area contributed by atoms with Crippen molar-refractivity contribution in [2.75, 3.05) is 5.73 Å². The summed E-state index contributed by atoms with van der Waals surface area (Å²) >= 11 is 5.83. The molecule has 0 fully saturated rings. The number of nitrogen functional groups attached to an aromatic ring is 1. The molecule has 2 aromatic rings. The molecule has 0 saturated heterocycles. The molecule has 0 aliphatic rings. The molecule has 0 aliphatic heterocycles. The summed E-state index contributed by atoms with van der Waals surface area (Å²) in [6.07, 6.45) is 1.07. The monoisotopic (exact) mass is 305 g/mol. The lowest BCUT2D eigenvalue weighted by molar-refractivity contribution is 0.461. The Kier molecular flexibility index (Phi) is 4.37. The number of nitrogens with zero attached hydrogens (tertiary/aromatic N) is 2. The summed E-state index contributed by atoms with van der Waals surface area (Å²) in [5, 5.41) is 0.125. The van der Waals surface area contributed by atoms with Crippen LogP contribution in [0.15, 0.2) is 24.3 Å². The standard InChI is InChI=1S/C16H20ClN3O/c1-5-16(3,4)11-6-8-12(9-7-11)21-14-13(18)10(2)19-15(17)20-14/h6-9H,5,18H2,1-4H3. The number of aryl methyl sites for hydroxylation is 1. The number of rotatable bonds is 4. The predicted molar refractivity (Wildman–Crippen MR) is 86.0 cm³/mol. The second-order valence-corrected chi connectivity index (χ2v) is 6.00. The van der Waals surface area contributed by atoms with Gasteiger partial charge in [0.2, 0.25) is 11.2 Å². The van der Waals surface area contributed by atoms with Gasteiger partial charge in [-0.1, -0.05) is 32.9 Å². The summed E-state index contributed by atoms with van der Waals surface area (Å²) in [5.74, 6) is 0.960. The molecule has 2 rings (SSSR count). The van der Waals surface area contributed by atoms with Crippen LogP contribution in [0.2, 0.25) is 5.28 Å². The Balaban J connectivity index is 2.25. The minimum absolute atomic E-state index is 0.125. The van der Waals surface area contributed by atoms with Crippen LogP contribution in [0.4, 0.5) is 5.69 Å². The van der Waals surface area contributed by atoms with Crippen LogP contribution < -0.4 is 10.5 Å². The summed E-state index contributed by atoms with van der Waals surface area (Å²) in [6, 6.07) is 7.95. The Morgan fingerprint density at radius 2 is 1.81 bits per heavy atom. The summed E-state index contributed by atoms with van der Waals surface area (Å²) in [6.45, 7) is 8.38. The highest BCUT2D eigenvalue weighted by atomic mass is 35.5. The molecule has 1 aromatic heterocycles. The third-order valence-corrected chi connectivity index (χ3v) is 3.98. The Morgan fingerprint density at radius 1 is 1.19 bits per heavy atom. The molecule has 21 heavy (non-hydrogen) atoms. The quantitative estimate of drug-likeness (QED) is 0.845. The molecule has 2 N–H and O–H groups in total. The molecule has 0 atom stereocenters. The first-order valence-electron chi connectivity index (χ1n) is 6.91. The molecule has 5 heteroatoms. The second-order valence-electron chi connectivity index (χ2n) is 5.66. The van der Waals surface area contributed by atoms with Crippen molar-refractivity contribution in [2.45, 2.75) is 39.5 Å². The molecular formula is C16H20ClN3O. The number of nitrogens with two attached hydrogens (primary N) is 1. The number of hydrogen-bond acceptors (Lipinski definition) is 4. The molecule has 0 spiro atoms. The van der Waals surface area contributed by atoms with E-state index in [9.17, 15) is 0 Å². The van der Waals surface area contributed by atoms with E-state index in [1.54, 1.807) is 6.92 Å².